The first-order valence-electron chi connectivity index (χ1n) is 4.30. The summed E-state index contributed by atoms with van der Waals surface area (Å²) in [6, 6.07) is 0. The molecule has 0 aromatic rings. The van der Waals surface area contributed by atoms with Crippen LogP contribution in [0.1, 0.15) is 0 Å². The van der Waals surface area contributed by atoms with Crippen molar-refractivity contribution in [2.45, 2.75) is 0 Å². The topological polar surface area (TPSA) is 379 Å². The first kappa shape index (κ1) is 117. The van der Waals surface area contributed by atoms with Crippen LogP contribution in [0.2, 0.25) is 0 Å². The van der Waals surface area contributed by atoms with Gasteiger partial charge in [-0.1, -0.05) is 0 Å². The van der Waals surface area contributed by atoms with Crippen LogP contribution in [0.15, 0.2) is 0 Å². The van der Waals surface area contributed by atoms with Gasteiger partial charge in [-0.25, -0.2) is 0 Å². The zero-order valence-corrected chi connectivity index (χ0v) is 53.6. The zero-order chi connectivity index (χ0) is 27.0. The Morgan fingerprint density at radius 2 is 0.214 bits per heavy atom. The van der Waals surface area contributed by atoms with Gasteiger partial charge in [0.2, 0.25) is 0 Å². The van der Waals surface area contributed by atoms with Crippen molar-refractivity contribution in [2.24, 2.45) is 0 Å². The van der Waals surface area contributed by atoms with Gasteiger partial charge in [-0.15, -0.1) is 0 Å². The van der Waals surface area contributed by atoms with Gasteiger partial charge in [0, 0.05) is 0 Å². The fourth-order valence-corrected chi connectivity index (χ4v) is 0. The maximum atomic E-state index is 8.96. The monoisotopic (exact) mass is 2510 g/mol. The van der Waals surface area contributed by atoms with E-state index < -0.39 is 111 Å². The molecule has 0 N–H and O–H groups in total. The van der Waals surface area contributed by atoms with Gasteiger partial charge in [-0.3, -0.25) is 0 Å². The molecule has 0 heterocycles. The molecule has 0 saturated heterocycles. The van der Waals surface area contributed by atoms with Crippen LogP contribution in [0.3, 0.4) is 0 Å². The molecule has 0 rings (SSSR count). The van der Waals surface area contributed by atoms with Crippen LogP contribution in [0.25, 0.3) is 0 Å². The predicted octanol–water partition coefficient (Wildman–Crippen LogP) is -13.2. The summed E-state index contributed by atoms with van der Waals surface area (Å²) in [5.74, 6) is 0. The Balaban J connectivity index is -0.00000000973. The Hall–Kier alpha value is 13.9. The van der Waals surface area contributed by atoms with Crippen molar-refractivity contribution < 1.29 is 327 Å². The molecule has 0 radical (unpaired) electrons. The Morgan fingerprint density at radius 3 is 0.214 bits per heavy atom. The van der Waals surface area contributed by atoms with E-state index in [0.29, 0.717) is 0 Å². The molecular weight excluding hydrogens is 2530 g/mol. The Kier molecular flexibility index (Phi) is 179. The molecule has 0 amide bonds. The third kappa shape index (κ3) is 784. The first-order chi connectivity index (χ1) is 12.0. The van der Waals surface area contributed by atoms with Gasteiger partial charge in [0.25, 0.3) is 0 Å². The molecule has 42 heteroatoms. The molecule has 312 valence electrons. The molecule has 0 aliphatic carbocycles. The average molecular weight is 2530 g/mol. The standard InChI is InChI=1S/12Ag.6ClH.18O.6Sb/h;;;;;;;;;;;;6*1H;;;;;;;;;;;;;;;;;;;;;;;;/q12*+1;;;;;;;;;;;;;12*-1;6*+1/p-6. The normalized spacial score (nSPS) is 8.43. The molecule has 0 aliphatic heterocycles. The third-order valence-electron chi connectivity index (χ3n) is 0. The van der Waals surface area contributed by atoms with Crippen molar-refractivity contribution in [3.05, 3.63) is 0 Å². The minimum atomic E-state index is -5.38. The van der Waals surface area contributed by atoms with Crippen LogP contribution in [0, 0.1) is 0 Å². The predicted molar refractivity (Wildman–Crippen MR) is 73.8 cm³/mol. The van der Waals surface area contributed by atoms with Crippen LogP contribution in [0.5, 0.6) is 0 Å². The second-order valence-electron chi connectivity index (χ2n) is 2.58. The van der Waals surface area contributed by atoms with Crippen LogP contribution >= 0.6 is 53.0 Å². The second-order valence-corrected chi connectivity index (χ2v) is 34.0. The van der Waals surface area contributed by atoms with Gasteiger partial charge >= 0.3 is 491 Å². The summed E-state index contributed by atoms with van der Waals surface area (Å²) >= 11 is -32.3. The van der Waals surface area contributed by atoms with Crippen molar-refractivity contribution in [2.75, 3.05) is 0 Å². The van der Waals surface area contributed by atoms with Crippen molar-refractivity contribution >= 4 is 164 Å². The van der Waals surface area contributed by atoms with Crippen LogP contribution in [-0.4, -0.2) is 111 Å². The number of halogens is 6. The maximum absolute atomic E-state index is 8.96. The summed E-state index contributed by atoms with van der Waals surface area (Å²) in [4.78, 5) is 0. The Labute approximate surface area is 477 Å². The first-order valence-corrected chi connectivity index (χ1v) is 42.5. The summed E-state index contributed by atoms with van der Waals surface area (Å²) in [5.41, 5.74) is 0. The van der Waals surface area contributed by atoms with E-state index in [2.05, 4.69) is 53.0 Å². The van der Waals surface area contributed by atoms with Gasteiger partial charge in [0.05, 0.1) is 0 Å². The van der Waals surface area contributed by atoms with Crippen LogP contribution in [-0.2, 0) is 287 Å². The van der Waals surface area contributed by atoms with E-state index in [1.165, 1.54) is 0 Å². The average Bonchev–Trinajstić information content (AvgIpc) is 1.94. The molecule has 0 atom stereocenters. The molecule has 42 heavy (non-hydrogen) atoms. The molecule has 0 unspecified atom stereocenters. The molecular formula is Ag12Cl6O18Sb6. The quantitative estimate of drug-likeness (QED) is 0.203. The SMILES string of the molecule is [Ag+].[Ag+].[Ag+].[Ag+].[Ag+].[Ag+].[Ag+].[Ag+].[Ag+].[Ag+].[Ag+].[Ag+].[O]=[Sb]([O-])([O-])[Cl].[O]=[Sb]([O-])([O-])[Cl].[O]=[Sb]([O-])([O-])[Cl].[O]=[Sb]([O-])([O-])[Cl].[O]=[Sb]([O-])([O-])[Cl].[O]=[Sb]([O-])([O-])[Cl]. The van der Waals surface area contributed by atoms with E-state index >= 15 is 0 Å². The molecule has 0 aromatic carbocycles. The van der Waals surface area contributed by atoms with E-state index in [9.17, 15) is 0 Å². The Bertz CT molecular complexity index is 510. The summed E-state index contributed by atoms with van der Waals surface area (Å²) in [5, 5.41) is 0. The van der Waals surface area contributed by atoms with Crippen molar-refractivity contribution in [1.29, 1.82) is 0 Å². The molecule has 18 nitrogen and oxygen atoms in total. The molecule has 0 spiro atoms. The van der Waals surface area contributed by atoms with Gasteiger partial charge in [-0.2, -0.15) is 0 Å². The van der Waals surface area contributed by atoms with Gasteiger partial charge < -0.3 is 0 Å². The van der Waals surface area contributed by atoms with Crippen molar-refractivity contribution in [3.63, 3.8) is 0 Å². The van der Waals surface area contributed by atoms with Gasteiger partial charge in [0.15, 0.2) is 0 Å². The van der Waals surface area contributed by atoms with E-state index in [-0.39, 0.29) is 269 Å². The molecule has 0 aliphatic rings. The summed E-state index contributed by atoms with van der Waals surface area (Å²) in [6.07, 6.45) is 0. The molecule has 0 saturated carbocycles. The zero-order valence-electron chi connectivity index (χ0n) is 15.9. The van der Waals surface area contributed by atoms with Crippen LogP contribution in [0.4, 0.5) is 0 Å². The van der Waals surface area contributed by atoms with E-state index in [0.717, 1.165) is 0 Å². The van der Waals surface area contributed by atoms with E-state index in [1.807, 2.05) is 0 Å². The van der Waals surface area contributed by atoms with Gasteiger partial charge in [-0.05, 0) is 0 Å². The fourth-order valence-electron chi connectivity index (χ4n) is 0. The summed E-state index contributed by atoms with van der Waals surface area (Å²) < 4.78 is 161. The number of rotatable bonds is 0. The van der Waals surface area contributed by atoms with E-state index in [1.54, 1.807) is 0 Å². The van der Waals surface area contributed by atoms with Crippen LogP contribution < -0.4 is 40.6 Å². The van der Waals surface area contributed by atoms with Crippen molar-refractivity contribution in [3.8, 4) is 0 Å². The summed E-state index contributed by atoms with van der Waals surface area (Å²) in [7, 11) is 24.4. The molecule has 0 fully saturated rings. The third-order valence-corrected chi connectivity index (χ3v) is 0. The molecule has 0 aromatic heterocycles. The molecule has 0 bridgehead atoms. The van der Waals surface area contributed by atoms with Gasteiger partial charge in [0.1, 0.15) is 0 Å². The minimum absolute atomic E-state index is 0. The fraction of sp³-hybridized carbons (Fsp3) is 0. The number of hydrogen-bond donors (Lipinski definition) is 0. The van der Waals surface area contributed by atoms with E-state index in [4.69, 9.17) is 58.7 Å². The summed E-state index contributed by atoms with van der Waals surface area (Å²) in [6.45, 7) is 0. The second kappa shape index (κ2) is 64.0. The Morgan fingerprint density at radius 1 is 0.214 bits per heavy atom. The van der Waals surface area contributed by atoms with Crippen molar-refractivity contribution in [1.82, 2.24) is 0 Å². The number of hydrogen-bond acceptors (Lipinski definition) is 18.